The minimum Gasteiger partial charge on any atom is -0.497 e. The molecular formula is C10H12N4OS. The lowest BCUT2D eigenvalue weighted by Crippen LogP contribution is -1.98. The van der Waals surface area contributed by atoms with Crippen molar-refractivity contribution in [2.24, 2.45) is 5.73 Å². The number of methoxy groups -OCH3 is 1. The first-order valence-electron chi connectivity index (χ1n) is 4.73. The number of hydrogen-bond donors (Lipinski definition) is 2. The molecule has 16 heavy (non-hydrogen) atoms. The number of H-pyrrole nitrogens is 1. The second-order valence-electron chi connectivity index (χ2n) is 3.07. The van der Waals surface area contributed by atoms with Gasteiger partial charge in [0.1, 0.15) is 12.1 Å². The van der Waals surface area contributed by atoms with Crippen LogP contribution in [-0.4, -0.2) is 22.3 Å². The molecule has 2 rings (SSSR count). The highest BCUT2D eigenvalue weighted by molar-refractivity contribution is 7.99. The molecule has 0 spiro atoms. The van der Waals surface area contributed by atoms with Crippen molar-refractivity contribution in [2.45, 2.75) is 16.6 Å². The fraction of sp³-hybridized carbons (Fsp3) is 0.200. The summed E-state index contributed by atoms with van der Waals surface area (Å²) in [5, 5.41) is 7.33. The molecular weight excluding hydrogens is 224 g/mol. The van der Waals surface area contributed by atoms with Gasteiger partial charge in [-0.3, -0.25) is 5.10 Å². The van der Waals surface area contributed by atoms with E-state index in [4.69, 9.17) is 10.5 Å². The average Bonchev–Trinajstić information content (AvgIpc) is 2.82. The van der Waals surface area contributed by atoms with Gasteiger partial charge in [0.25, 0.3) is 0 Å². The SMILES string of the molecule is COc1ccc(CN)c(Sc2ncn[nH]2)c1. The number of nitrogens with one attached hydrogen (secondary N) is 1. The third-order valence-electron chi connectivity index (χ3n) is 2.09. The second-order valence-corrected chi connectivity index (χ2v) is 4.10. The van der Waals surface area contributed by atoms with E-state index in [1.54, 1.807) is 7.11 Å². The Labute approximate surface area is 97.4 Å². The maximum Gasteiger partial charge on any atom is 0.188 e. The summed E-state index contributed by atoms with van der Waals surface area (Å²) >= 11 is 1.49. The molecule has 0 radical (unpaired) electrons. The van der Waals surface area contributed by atoms with Crippen molar-refractivity contribution in [3.05, 3.63) is 30.1 Å². The zero-order valence-electron chi connectivity index (χ0n) is 8.80. The molecule has 0 saturated carbocycles. The van der Waals surface area contributed by atoms with Gasteiger partial charge < -0.3 is 10.5 Å². The van der Waals surface area contributed by atoms with Gasteiger partial charge >= 0.3 is 0 Å². The minimum absolute atomic E-state index is 0.487. The largest absolute Gasteiger partial charge is 0.497 e. The maximum absolute atomic E-state index is 5.67. The molecule has 3 N–H and O–H groups in total. The smallest absolute Gasteiger partial charge is 0.188 e. The van der Waals surface area contributed by atoms with Gasteiger partial charge in [-0.25, -0.2) is 4.98 Å². The normalized spacial score (nSPS) is 10.4. The molecule has 0 saturated heterocycles. The van der Waals surface area contributed by atoms with Crippen LogP contribution in [0.5, 0.6) is 5.75 Å². The Balaban J connectivity index is 2.30. The lowest BCUT2D eigenvalue weighted by atomic mass is 10.2. The van der Waals surface area contributed by atoms with Crippen molar-refractivity contribution in [1.29, 1.82) is 0 Å². The highest BCUT2D eigenvalue weighted by Crippen LogP contribution is 2.30. The monoisotopic (exact) mass is 236 g/mol. The summed E-state index contributed by atoms with van der Waals surface area (Å²) in [5.41, 5.74) is 6.73. The molecule has 1 aromatic carbocycles. The van der Waals surface area contributed by atoms with Crippen LogP contribution in [-0.2, 0) is 6.54 Å². The van der Waals surface area contributed by atoms with E-state index in [-0.39, 0.29) is 0 Å². The topological polar surface area (TPSA) is 76.8 Å². The van der Waals surface area contributed by atoms with Gasteiger partial charge in [0.15, 0.2) is 5.16 Å². The zero-order chi connectivity index (χ0) is 11.4. The van der Waals surface area contributed by atoms with Gasteiger partial charge in [-0.05, 0) is 29.5 Å². The Morgan fingerprint density at radius 1 is 1.50 bits per heavy atom. The molecule has 0 fully saturated rings. The highest BCUT2D eigenvalue weighted by Gasteiger charge is 2.06. The van der Waals surface area contributed by atoms with Crippen LogP contribution in [0, 0.1) is 0 Å². The molecule has 2 aromatic rings. The predicted molar refractivity (Wildman–Crippen MR) is 61.4 cm³/mol. The number of nitrogens with two attached hydrogens (primary N) is 1. The fourth-order valence-corrected chi connectivity index (χ4v) is 2.14. The minimum atomic E-state index is 0.487. The number of benzene rings is 1. The number of ether oxygens (including phenoxy) is 1. The summed E-state index contributed by atoms with van der Waals surface area (Å²) in [6.45, 7) is 0.487. The van der Waals surface area contributed by atoms with Gasteiger partial charge in [0.05, 0.1) is 7.11 Å². The summed E-state index contributed by atoms with van der Waals surface area (Å²) in [6, 6.07) is 5.79. The lowest BCUT2D eigenvalue weighted by molar-refractivity contribution is 0.413. The number of aromatic amines is 1. The first kappa shape index (κ1) is 11.0. The second kappa shape index (κ2) is 5.00. The van der Waals surface area contributed by atoms with Crippen LogP contribution >= 0.6 is 11.8 Å². The molecule has 6 heteroatoms. The molecule has 0 amide bonds. The molecule has 5 nitrogen and oxygen atoms in total. The van der Waals surface area contributed by atoms with Crippen LogP contribution in [0.2, 0.25) is 0 Å². The third kappa shape index (κ3) is 2.34. The molecule has 0 bridgehead atoms. The third-order valence-corrected chi connectivity index (χ3v) is 3.08. The van der Waals surface area contributed by atoms with Crippen molar-refractivity contribution >= 4 is 11.8 Å². The zero-order valence-corrected chi connectivity index (χ0v) is 9.62. The van der Waals surface area contributed by atoms with Crippen LogP contribution in [0.4, 0.5) is 0 Å². The van der Waals surface area contributed by atoms with Crippen LogP contribution < -0.4 is 10.5 Å². The number of nitrogens with zero attached hydrogens (tertiary/aromatic N) is 2. The first-order valence-corrected chi connectivity index (χ1v) is 5.55. The molecule has 0 aliphatic rings. The van der Waals surface area contributed by atoms with E-state index in [9.17, 15) is 0 Å². The predicted octanol–water partition coefficient (Wildman–Crippen LogP) is 1.42. The van der Waals surface area contributed by atoms with E-state index in [1.807, 2.05) is 18.2 Å². The maximum atomic E-state index is 5.67. The Hall–Kier alpha value is -1.53. The summed E-state index contributed by atoms with van der Waals surface area (Å²) in [6.07, 6.45) is 1.48. The average molecular weight is 236 g/mol. The lowest BCUT2D eigenvalue weighted by Gasteiger charge is -2.07. The van der Waals surface area contributed by atoms with Crippen LogP contribution in [0.3, 0.4) is 0 Å². The number of rotatable bonds is 4. The van der Waals surface area contributed by atoms with Crippen molar-refractivity contribution in [1.82, 2.24) is 15.2 Å². The van der Waals surface area contributed by atoms with E-state index in [0.29, 0.717) is 6.54 Å². The Bertz CT molecular complexity index is 458. The van der Waals surface area contributed by atoms with Gasteiger partial charge in [0.2, 0.25) is 0 Å². The first-order chi connectivity index (χ1) is 7.83. The van der Waals surface area contributed by atoms with Gasteiger partial charge in [-0.1, -0.05) is 6.07 Å². The molecule has 1 aromatic heterocycles. The molecule has 0 aliphatic carbocycles. The van der Waals surface area contributed by atoms with E-state index in [2.05, 4.69) is 15.2 Å². The summed E-state index contributed by atoms with van der Waals surface area (Å²) in [4.78, 5) is 5.08. The van der Waals surface area contributed by atoms with Crippen molar-refractivity contribution in [3.63, 3.8) is 0 Å². The van der Waals surface area contributed by atoms with E-state index < -0.39 is 0 Å². The quantitative estimate of drug-likeness (QED) is 0.839. The van der Waals surface area contributed by atoms with Crippen LogP contribution in [0.1, 0.15) is 5.56 Å². The van der Waals surface area contributed by atoms with Gasteiger partial charge in [0, 0.05) is 11.4 Å². The van der Waals surface area contributed by atoms with Crippen molar-refractivity contribution in [3.8, 4) is 5.75 Å². The number of aromatic nitrogens is 3. The summed E-state index contributed by atoms with van der Waals surface area (Å²) in [7, 11) is 1.64. The highest BCUT2D eigenvalue weighted by atomic mass is 32.2. The van der Waals surface area contributed by atoms with E-state index in [0.717, 1.165) is 21.4 Å². The fourth-order valence-electron chi connectivity index (χ4n) is 1.27. The van der Waals surface area contributed by atoms with Crippen molar-refractivity contribution < 1.29 is 4.74 Å². The Morgan fingerprint density at radius 2 is 2.38 bits per heavy atom. The molecule has 0 aliphatic heterocycles. The molecule has 0 atom stereocenters. The van der Waals surface area contributed by atoms with E-state index >= 15 is 0 Å². The van der Waals surface area contributed by atoms with Gasteiger partial charge in [-0.15, -0.1) is 0 Å². The Morgan fingerprint density at radius 3 is 3.00 bits per heavy atom. The summed E-state index contributed by atoms with van der Waals surface area (Å²) in [5.74, 6) is 0.805. The van der Waals surface area contributed by atoms with E-state index in [1.165, 1.54) is 18.1 Å². The van der Waals surface area contributed by atoms with Crippen molar-refractivity contribution in [2.75, 3.05) is 7.11 Å². The van der Waals surface area contributed by atoms with Crippen LogP contribution in [0.15, 0.2) is 34.6 Å². The molecule has 1 heterocycles. The van der Waals surface area contributed by atoms with Crippen LogP contribution in [0.25, 0.3) is 0 Å². The Kier molecular flexibility index (Phi) is 3.43. The summed E-state index contributed by atoms with van der Waals surface area (Å²) < 4.78 is 5.17. The standard InChI is InChI=1S/C10H12N4OS/c1-15-8-3-2-7(5-11)9(4-8)16-10-12-6-13-14-10/h2-4,6H,5,11H2,1H3,(H,12,13,14). The molecule has 84 valence electrons. The van der Waals surface area contributed by atoms with Gasteiger partial charge in [-0.2, -0.15) is 5.10 Å². The number of hydrogen-bond acceptors (Lipinski definition) is 5. The molecule has 0 unspecified atom stereocenters.